The zero-order valence-corrected chi connectivity index (χ0v) is 18.9. The molecule has 0 saturated carbocycles. The van der Waals surface area contributed by atoms with Crippen LogP contribution in [0.1, 0.15) is 31.2 Å². The van der Waals surface area contributed by atoms with E-state index in [1.807, 2.05) is 0 Å². The molecule has 0 aliphatic rings. The molecule has 14 nitrogen and oxygen atoms in total. The van der Waals surface area contributed by atoms with Gasteiger partial charge in [-0.05, 0) is 30.5 Å². The molecule has 0 aromatic heterocycles. The van der Waals surface area contributed by atoms with Crippen LogP contribution in [0.4, 0.5) is 0 Å². The number of phenols is 1. The van der Waals surface area contributed by atoms with Crippen LogP contribution in [0.5, 0.6) is 5.75 Å². The summed E-state index contributed by atoms with van der Waals surface area (Å²) in [6, 6.07) is 1.61. The van der Waals surface area contributed by atoms with E-state index in [4.69, 9.17) is 17.2 Å². The van der Waals surface area contributed by atoms with E-state index >= 15 is 0 Å². The van der Waals surface area contributed by atoms with Crippen LogP contribution in [0.25, 0.3) is 0 Å². The lowest BCUT2D eigenvalue weighted by molar-refractivity contribution is -0.142. The van der Waals surface area contributed by atoms with Crippen molar-refractivity contribution in [3.8, 4) is 5.75 Å². The number of phenolic OH excluding ortho intramolecular Hbond substituents is 1. The first-order chi connectivity index (χ1) is 16.4. The summed E-state index contributed by atoms with van der Waals surface area (Å²) >= 11 is 0. The second-order valence-corrected chi connectivity index (χ2v) is 7.67. The molecule has 5 amide bonds. The highest BCUT2D eigenvalue weighted by molar-refractivity contribution is 5.94. The summed E-state index contributed by atoms with van der Waals surface area (Å²) in [5, 5.41) is 25.8. The van der Waals surface area contributed by atoms with Crippen LogP contribution in [-0.4, -0.2) is 70.4 Å². The van der Waals surface area contributed by atoms with E-state index in [-0.39, 0.29) is 37.9 Å². The van der Waals surface area contributed by atoms with Crippen molar-refractivity contribution in [1.82, 2.24) is 16.0 Å². The number of carbonyl (C=O) groups excluding carboxylic acids is 5. The topological polar surface area (TPSA) is 257 Å². The number of nitrogens with one attached hydrogen (secondary N) is 3. The van der Waals surface area contributed by atoms with Crippen molar-refractivity contribution < 1.29 is 39.0 Å². The highest BCUT2D eigenvalue weighted by Crippen LogP contribution is 2.12. The Morgan fingerprint density at radius 1 is 0.771 bits per heavy atom. The van der Waals surface area contributed by atoms with Crippen molar-refractivity contribution in [2.24, 2.45) is 17.2 Å². The maximum atomic E-state index is 12.9. The van der Waals surface area contributed by atoms with E-state index in [0.29, 0.717) is 5.56 Å². The van der Waals surface area contributed by atoms with Gasteiger partial charge in [0.2, 0.25) is 29.5 Å². The normalized spacial score (nSPS) is 13.1. The number of benzene rings is 1. The number of carboxylic acids is 1. The zero-order valence-electron chi connectivity index (χ0n) is 18.9. The third kappa shape index (κ3) is 11.0. The quantitative estimate of drug-likeness (QED) is 0.123. The molecule has 0 aliphatic carbocycles. The van der Waals surface area contributed by atoms with Crippen molar-refractivity contribution in [2.75, 3.05) is 6.54 Å². The molecule has 1 aromatic carbocycles. The van der Waals surface area contributed by atoms with Gasteiger partial charge in [-0.25, -0.2) is 4.79 Å². The van der Waals surface area contributed by atoms with Gasteiger partial charge in [-0.1, -0.05) is 12.1 Å². The Kier molecular flexibility index (Phi) is 11.7. The molecule has 0 bridgehead atoms. The van der Waals surface area contributed by atoms with Gasteiger partial charge in [0.15, 0.2) is 0 Å². The number of rotatable bonds is 15. The number of aliphatic carboxylic acids is 1. The fourth-order valence-corrected chi connectivity index (χ4v) is 2.98. The first-order valence-corrected chi connectivity index (χ1v) is 10.6. The monoisotopic (exact) mass is 494 g/mol. The predicted octanol–water partition coefficient (Wildman–Crippen LogP) is -3.04. The van der Waals surface area contributed by atoms with Gasteiger partial charge in [0.25, 0.3) is 0 Å². The summed E-state index contributed by atoms with van der Waals surface area (Å²) in [5.74, 6) is -5.36. The van der Waals surface area contributed by atoms with Crippen molar-refractivity contribution in [3.63, 3.8) is 0 Å². The Morgan fingerprint density at radius 2 is 1.23 bits per heavy atom. The van der Waals surface area contributed by atoms with Gasteiger partial charge in [0, 0.05) is 19.3 Å². The molecule has 0 radical (unpaired) electrons. The summed E-state index contributed by atoms with van der Waals surface area (Å²) in [6.45, 7) is -0.441. The highest BCUT2D eigenvalue weighted by atomic mass is 16.4. The number of carbonyl (C=O) groups is 6. The molecule has 11 N–H and O–H groups in total. The van der Waals surface area contributed by atoms with Crippen LogP contribution >= 0.6 is 0 Å². The molecule has 1 rings (SSSR count). The van der Waals surface area contributed by atoms with Crippen molar-refractivity contribution in [1.29, 1.82) is 0 Å². The third-order valence-electron chi connectivity index (χ3n) is 4.82. The average molecular weight is 495 g/mol. The lowest BCUT2D eigenvalue weighted by Crippen LogP contribution is -2.56. The SMILES string of the molecule is NCC(=O)NC(CCC(N)=O)C(=O)NC(CCC(N)=O)C(=O)NC(Cc1ccc(O)cc1)C(=O)O. The summed E-state index contributed by atoms with van der Waals surface area (Å²) in [7, 11) is 0. The van der Waals surface area contributed by atoms with E-state index in [1.165, 1.54) is 24.3 Å². The Hall–Kier alpha value is -4.20. The molecule has 0 saturated heterocycles. The van der Waals surface area contributed by atoms with Crippen molar-refractivity contribution >= 4 is 35.5 Å². The van der Waals surface area contributed by atoms with E-state index < -0.39 is 60.2 Å². The molecule has 35 heavy (non-hydrogen) atoms. The Labute approximate surface area is 200 Å². The predicted molar refractivity (Wildman–Crippen MR) is 121 cm³/mol. The molecular weight excluding hydrogens is 464 g/mol. The summed E-state index contributed by atoms with van der Waals surface area (Å²) < 4.78 is 0. The fourth-order valence-electron chi connectivity index (χ4n) is 2.98. The molecule has 0 spiro atoms. The minimum atomic E-state index is -1.40. The van der Waals surface area contributed by atoms with Crippen LogP contribution in [0.2, 0.25) is 0 Å². The molecule has 3 atom stereocenters. The molecule has 1 aromatic rings. The van der Waals surface area contributed by atoms with E-state index in [2.05, 4.69) is 16.0 Å². The number of primary amides is 2. The summed E-state index contributed by atoms with van der Waals surface area (Å²) in [6.07, 6.45) is -1.14. The van der Waals surface area contributed by atoms with Gasteiger partial charge in [0.05, 0.1) is 6.54 Å². The summed E-state index contributed by atoms with van der Waals surface area (Å²) in [4.78, 5) is 71.3. The van der Waals surface area contributed by atoms with Crippen LogP contribution in [0.3, 0.4) is 0 Å². The van der Waals surface area contributed by atoms with Gasteiger partial charge in [0.1, 0.15) is 23.9 Å². The Morgan fingerprint density at radius 3 is 1.66 bits per heavy atom. The van der Waals surface area contributed by atoms with Crippen LogP contribution in [0, 0.1) is 0 Å². The smallest absolute Gasteiger partial charge is 0.326 e. The molecular formula is C21H30N6O8. The first-order valence-electron chi connectivity index (χ1n) is 10.6. The summed E-state index contributed by atoms with van der Waals surface area (Å²) in [5.41, 5.74) is 16.0. The minimum Gasteiger partial charge on any atom is -0.508 e. The van der Waals surface area contributed by atoms with E-state index in [1.54, 1.807) is 0 Å². The van der Waals surface area contributed by atoms with Gasteiger partial charge in [-0.3, -0.25) is 24.0 Å². The van der Waals surface area contributed by atoms with Crippen LogP contribution in [0.15, 0.2) is 24.3 Å². The molecule has 0 heterocycles. The minimum absolute atomic E-state index is 0.0218. The Balaban J connectivity index is 3.02. The zero-order chi connectivity index (χ0) is 26.5. The number of amides is 5. The van der Waals surface area contributed by atoms with Crippen LogP contribution < -0.4 is 33.2 Å². The molecule has 0 aliphatic heterocycles. The van der Waals surface area contributed by atoms with E-state index in [9.17, 15) is 39.0 Å². The number of hydrogen-bond donors (Lipinski definition) is 8. The van der Waals surface area contributed by atoms with Gasteiger partial charge in [-0.2, -0.15) is 0 Å². The third-order valence-corrected chi connectivity index (χ3v) is 4.82. The number of aromatic hydroxyl groups is 1. The van der Waals surface area contributed by atoms with Crippen molar-refractivity contribution in [2.45, 2.75) is 50.2 Å². The highest BCUT2D eigenvalue weighted by Gasteiger charge is 2.30. The number of carboxylic acid groups (broad SMARTS) is 1. The molecule has 0 fully saturated rings. The lowest BCUT2D eigenvalue weighted by Gasteiger charge is -2.24. The van der Waals surface area contributed by atoms with Gasteiger partial charge in [-0.15, -0.1) is 0 Å². The lowest BCUT2D eigenvalue weighted by atomic mass is 10.0. The second kappa shape index (κ2) is 14.1. The van der Waals surface area contributed by atoms with E-state index in [0.717, 1.165) is 0 Å². The average Bonchev–Trinajstić information content (AvgIpc) is 2.79. The molecule has 3 unspecified atom stereocenters. The standard InChI is InChI=1S/C21H30N6O8/c22-10-18(31)25-13(5-7-16(23)29)19(32)26-14(6-8-17(24)30)20(33)27-15(21(34)35)9-11-1-3-12(28)4-2-11/h1-4,13-15,28H,5-10,22H2,(H2,23,29)(H2,24,30)(H,25,31)(H,26,32)(H,27,33)(H,34,35). The van der Waals surface area contributed by atoms with Crippen molar-refractivity contribution in [3.05, 3.63) is 29.8 Å². The first kappa shape index (κ1) is 28.8. The van der Waals surface area contributed by atoms with Gasteiger partial charge < -0.3 is 43.4 Å². The maximum Gasteiger partial charge on any atom is 0.326 e. The fraction of sp³-hybridized carbons (Fsp3) is 0.429. The van der Waals surface area contributed by atoms with Gasteiger partial charge >= 0.3 is 5.97 Å². The van der Waals surface area contributed by atoms with Crippen LogP contribution in [-0.2, 0) is 35.2 Å². The molecule has 192 valence electrons. The Bertz CT molecular complexity index is 936. The molecule has 14 heteroatoms. The second-order valence-electron chi connectivity index (χ2n) is 7.67. The number of hydrogen-bond acceptors (Lipinski definition) is 8. The number of nitrogens with two attached hydrogens (primary N) is 3. The maximum absolute atomic E-state index is 12.9. The largest absolute Gasteiger partial charge is 0.508 e.